The molecule has 0 radical (unpaired) electrons. The average molecular weight is 245 g/mol. The second-order valence-corrected chi connectivity index (χ2v) is 2.63. The van der Waals surface area contributed by atoms with Gasteiger partial charge in [-0.2, -0.15) is 0 Å². The molecule has 1 aromatic heterocycles. The number of rotatable bonds is 3. The Morgan fingerprint density at radius 3 is 2.15 bits per heavy atom. The largest absolute Gasteiger partial charge is 0.480 e. The predicted molar refractivity (Wildman–Crippen MR) is 53.1 cm³/mol. The van der Waals surface area contributed by atoms with Crippen LogP contribution in [0.5, 0.6) is 11.8 Å². The van der Waals surface area contributed by atoms with Gasteiger partial charge in [-0.1, -0.05) is 15.9 Å². The van der Waals surface area contributed by atoms with Crippen LogP contribution in [0.25, 0.3) is 6.08 Å². The minimum atomic E-state index is 0.488. The molecule has 13 heavy (non-hydrogen) atoms. The van der Waals surface area contributed by atoms with E-state index in [0.29, 0.717) is 17.3 Å². The molecule has 0 N–H and O–H groups in total. The zero-order valence-electron chi connectivity index (χ0n) is 7.32. The van der Waals surface area contributed by atoms with E-state index in [1.54, 1.807) is 25.3 Å². The molecule has 0 fully saturated rings. The molecule has 70 valence electrons. The maximum Gasteiger partial charge on any atom is 0.227 e. The van der Waals surface area contributed by atoms with Gasteiger partial charge in [0.15, 0.2) is 0 Å². The van der Waals surface area contributed by atoms with Crippen LogP contribution < -0.4 is 9.47 Å². The van der Waals surface area contributed by atoms with Crippen LogP contribution in [0.4, 0.5) is 0 Å². The topological polar surface area (TPSA) is 44.2 Å². The van der Waals surface area contributed by atoms with Crippen molar-refractivity contribution in [1.82, 2.24) is 9.97 Å². The zero-order valence-corrected chi connectivity index (χ0v) is 8.91. The van der Waals surface area contributed by atoms with Crippen LogP contribution in [-0.2, 0) is 0 Å². The van der Waals surface area contributed by atoms with E-state index < -0.39 is 0 Å². The van der Waals surface area contributed by atoms with Crippen molar-refractivity contribution in [1.29, 1.82) is 0 Å². The summed E-state index contributed by atoms with van der Waals surface area (Å²) in [5, 5.41) is 0. The van der Waals surface area contributed by atoms with E-state index >= 15 is 0 Å². The lowest BCUT2D eigenvalue weighted by atomic mass is 10.3. The molecule has 1 heterocycles. The Morgan fingerprint density at radius 1 is 1.23 bits per heavy atom. The normalized spacial score (nSPS) is 10.4. The molecular weight excluding hydrogens is 236 g/mol. The molecule has 1 rings (SSSR count). The number of hydrogen-bond donors (Lipinski definition) is 0. The lowest BCUT2D eigenvalue weighted by Crippen LogP contribution is -1.97. The van der Waals surface area contributed by atoms with Crippen molar-refractivity contribution in [2.24, 2.45) is 0 Å². The van der Waals surface area contributed by atoms with Gasteiger partial charge in [-0.25, -0.2) is 9.97 Å². The van der Waals surface area contributed by atoms with Gasteiger partial charge in [0, 0.05) is 0 Å². The summed E-state index contributed by atoms with van der Waals surface area (Å²) in [5.41, 5.74) is 0.712. The van der Waals surface area contributed by atoms with E-state index in [9.17, 15) is 0 Å². The van der Waals surface area contributed by atoms with E-state index in [1.165, 1.54) is 6.33 Å². The highest BCUT2D eigenvalue weighted by molar-refractivity contribution is 9.11. The molecule has 0 aromatic carbocycles. The second kappa shape index (κ2) is 4.81. The van der Waals surface area contributed by atoms with Gasteiger partial charge < -0.3 is 9.47 Å². The van der Waals surface area contributed by atoms with Crippen molar-refractivity contribution in [3.63, 3.8) is 0 Å². The number of nitrogens with zero attached hydrogens (tertiary/aromatic N) is 2. The Bertz CT molecular complexity index is 293. The monoisotopic (exact) mass is 244 g/mol. The summed E-state index contributed by atoms with van der Waals surface area (Å²) in [4.78, 5) is 9.57. The average Bonchev–Trinajstić information content (AvgIpc) is 2.18. The maximum atomic E-state index is 5.04. The molecule has 4 nitrogen and oxygen atoms in total. The molecule has 0 saturated heterocycles. The van der Waals surface area contributed by atoms with Crippen molar-refractivity contribution >= 4 is 22.0 Å². The Morgan fingerprint density at radius 2 is 1.77 bits per heavy atom. The fourth-order valence-electron chi connectivity index (χ4n) is 0.895. The number of hydrogen-bond acceptors (Lipinski definition) is 4. The van der Waals surface area contributed by atoms with E-state index in [1.807, 2.05) is 0 Å². The van der Waals surface area contributed by atoms with Gasteiger partial charge in [0.05, 0.1) is 19.8 Å². The van der Waals surface area contributed by atoms with Crippen LogP contribution in [0, 0.1) is 0 Å². The fourth-order valence-corrected chi connectivity index (χ4v) is 1.16. The van der Waals surface area contributed by atoms with Crippen LogP contribution in [0.2, 0.25) is 0 Å². The van der Waals surface area contributed by atoms with Gasteiger partial charge in [0.2, 0.25) is 11.8 Å². The standard InChI is InChI=1S/C8H9BrN2O2/c1-12-7-6(3-4-9)8(13-2)11-5-10-7/h3-5H,1-2H3/b4-3+. The van der Waals surface area contributed by atoms with Gasteiger partial charge in [0.25, 0.3) is 0 Å². The molecule has 0 aliphatic heterocycles. The molecule has 0 bridgehead atoms. The van der Waals surface area contributed by atoms with Crippen molar-refractivity contribution in [3.05, 3.63) is 16.9 Å². The maximum absolute atomic E-state index is 5.04. The van der Waals surface area contributed by atoms with Gasteiger partial charge in [-0.05, 0) is 11.1 Å². The van der Waals surface area contributed by atoms with Crippen molar-refractivity contribution in [3.8, 4) is 11.8 Å². The SMILES string of the molecule is COc1ncnc(OC)c1/C=C/Br. The first-order chi connectivity index (χ1) is 6.33. The Balaban J connectivity index is 3.21. The number of ether oxygens (including phenoxy) is 2. The Kier molecular flexibility index (Phi) is 3.70. The van der Waals surface area contributed by atoms with Crippen molar-refractivity contribution in [2.45, 2.75) is 0 Å². The first-order valence-electron chi connectivity index (χ1n) is 3.53. The summed E-state index contributed by atoms with van der Waals surface area (Å²) < 4.78 is 10.1. The first kappa shape index (κ1) is 9.98. The Labute approximate surface area is 84.7 Å². The number of aromatic nitrogens is 2. The molecule has 1 aromatic rings. The van der Waals surface area contributed by atoms with E-state index in [2.05, 4.69) is 25.9 Å². The van der Waals surface area contributed by atoms with Gasteiger partial charge in [0.1, 0.15) is 6.33 Å². The summed E-state index contributed by atoms with van der Waals surface area (Å²) in [6, 6.07) is 0. The highest BCUT2D eigenvalue weighted by Gasteiger charge is 2.08. The quantitative estimate of drug-likeness (QED) is 0.815. The van der Waals surface area contributed by atoms with Gasteiger partial charge >= 0.3 is 0 Å². The fraction of sp³-hybridized carbons (Fsp3) is 0.250. The molecule has 0 aliphatic rings. The van der Waals surface area contributed by atoms with Crippen LogP contribution in [-0.4, -0.2) is 24.2 Å². The smallest absolute Gasteiger partial charge is 0.227 e. The summed E-state index contributed by atoms with van der Waals surface area (Å²) >= 11 is 3.17. The van der Waals surface area contributed by atoms with Crippen LogP contribution in [0.1, 0.15) is 5.56 Å². The highest BCUT2D eigenvalue weighted by Crippen LogP contribution is 2.24. The van der Waals surface area contributed by atoms with Crippen molar-refractivity contribution in [2.75, 3.05) is 14.2 Å². The molecule has 0 aliphatic carbocycles. The molecule has 0 atom stereocenters. The molecule has 0 unspecified atom stereocenters. The Hall–Kier alpha value is -1.10. The molecule has 0 spiro atoms. The van der Waals surface area contributed by atoms with Crippen LogP contribution >= 0.6 is 15.9 Å². The summed E-state index contributed by atoms with van der Waals surface area (Å²) in [7, 11) is 3.10. The third kappa shape index (κ3) is 2.18. The number of halogens is 1. The van der Waals surface area contributed by atoms with Gasteiger partial charge in [-0.15, -0.1) is 0 Å². The summed E-state index contributed by atoms with van der Waals surface area (Å²) in [5.74, 6) is 0.977. The third-order valence-electron chi connectivity index (χ3n) is 1.43. The minimum absolute atomic E-state index is 0.488. The summed E-state index contributed by atoms with van der Waals surface area (Å²) in [6.07, 6.45) is 3.15. The van der Waals surface area contributed by atoms with E-state index in [0.717, 1.165) is 0 Å². The predicted octanol–water partition coefficient (Wildman–Crippen LogP) is 1.86. The molecular formula is C8H9BrN2O2. The third-order valence-corrected chi connectivity index (χ3v) is 1.69. The second-order valence-electron chi connectivity index (χ2n) is 2.10. The van der Waals surface area contributed by atoms with Crippen LogP contribution in [0.3, 0.4) is 0 Å². The van der Waals surface area contributed by atoms with E-state index in [4.69, 9.17) is 9.47 Å². The highest BCUT2D eigenvalue weighted by atomic mass is 79.9. The van der Waals surface area contributed by atoms with E-state index in [-0.39, 0.29) is 0 Å². The van der Waals surface area contributed by atoms with Crippen molar-refractivity contribution < 1.29 is 9.47 Å². The lowest BCUT2D eigenvalue weighted by Gasteiger charge is -2.06. The number of methoxy groups -OCH3 is 2. The molecule has 0 amide bonds. The molecule has 5 heteroatoms. The van der Waals surface area contributed by atoms with Gasteiger partial charge in [-0.3, -0.25) is 0 Å². The first-order valence-corrected chi connectivity index (χ1v) is 4.44. The molecule has 0 saturated carbocycles. The minimum Gasteiger partial charge on any atom is -0.480 e. The van der Waals surface area contributed by atoms with Crippen LogP contribution in [0.15, 0.2) is 11.3 Å². The zero-order chi connectivity index (χ0) is 9.68. The summed E-state index contributed by atoms with van der Waals surface area (Å²) in [6.45, 7) is 0. The lowest BCUT2D eigenvalue weighted by molar-refractivity contribution is 0.370.